The summed E-state index contributed by atoms with van der Waals surface area (Å²) in [5.74, 6) is -3.33. The summed E-state index contributed by atoms with van der Waals surface area (Å²) in [6, 6.07) is 4.72. The molecule has 2 aromatic carbocycles. The van der Waals surface area contributed by atoms with E-state index in [1.54, 1.807) is 20.8 Å². The number of nitrogens with one attached hydrogen (secondary N) is 1. The number of benzene rings is 2. The Kier molecular flexibility index (Phi) is 7.80. The van der Waals surface area contributed by atoms with Gasteiger partial charge < -0.3 is 22.5 Å². The van der Waals surface area contributed by atoms with E-state index in [1.807, 2.05) is 0 Å². The van der Waals surface area contributed by atoms with Crippen molar-refractivity contribution in [3.63, 3.8) is 0 Å². The lowest BCUT2D eigenvalue weighted by Gasteiger charge is -2.18. The molecule has 1 amide bonds. The monoisotopic (exact) mass is 400 g/mol. The van der Waals surface area contributed by atoms with Crippen LogP contribution in [0.4, 0.5) is 28.9 Å². The third kappa shape index (κ3) is 5.85. The van der Waals surface area contributed by atoms with E-state index in [9.17, 15) is 22.4 Å². The highest BCUT2D eigenvalue weighted by atomic mass is 19.1. The predicted molar refractivity (Wildman–Crippen MR) is 101 cm³/mol. The fourth-order valence-corrected chi connectivity index (χ4v) is 1.96. The lowest BCUT2D eigenvalue weighted by Crippen LogP contribution is -2.34. The first-order chi connectivity index (χ1) is 12.9. The molecule has 0 fully saturated rings. The second kappa shape index (κ2) is 9.41. The minimum Gasteiger partial charge on any atom is -0.394 e. The Morgan fingerprint density at radius 2 is 1.32 bits per heavy atom. The van der Waals surface area contributed by atoms with Gasteiger partial charge in [0.25, 0.3) is 0 Å². The molecule has 0 saturated carbocycles. The molecule has 0 aliphatic rings. The predicted octanol–water partition coefficient (Wildman–Crippen LogP) is 3.22. The summed E-state index contributed by atoms with van der Waals surface area (Å²) in [4.78, 5) is 11.6. The molecule has 0 heterocycles. The largest absolute Gasteiger partial charge is 0.394 e. The number of hydrogen-bond donors (Lipinski definition) is 4. The molecule has 0 aliphatic heterocycles. The maximum Gasteiger partial charge on any atom is 0.225 e. The van der Waals surface area contributed by atoms with E-state index in [0.717, 1.165) is 12.1 Å². The number of amides is 1. The summed E-state index contributed by atoms with van der Waals surface area (Å²) in [5, 5.41) is 2.57. The van der Waals surface area contributed by atoms with Crippen LogP contribution in [-0.2, 0) is 17.9 Å². The summed E-state index contributed by atoms with van der Waals surface area (Å²) in [6.07, 6.45) is 0. The summed E-state index contributed by atoms with van der Waals surface area (Å²) >= 11 is 0. The topological polar surface area (TPSA) is 107 Å². The number of carbonyl (C=O) groups excluding carboxylic acids is 1. The van der Waals surface area contributed by atoms with Gasteiger partial charge in [-0.1, -0.05) is 32.9 Å². The first-order valence-electron chi connectivity index (χ1n) is 8.33. The Hall–Kier alpha value is -2.81. The third-order valence-electron chi connectivity index (χ3n) is 3.75. The molecule has 7 N–H and O–H groups in total. The van der Waals surface area contributed by atoms with Crippen LogP contribution >= 0.6 is 0 Å². The molecule has 2 rings (SSSR count). The van der Waals surface area contributed by atoms with Gasteiger partial charge >= 0.3 is 0 Å². The zero-order valence-electron chi connectivity index (χ0n) is 15.9. The maximum absolute atomic E-state index is 13.5. The fraction of sp³-hybridized carbons (Fsp3) is 0.316. The van der Waals surface area contributed by atoms with Gasteiger partial charge in [0, 0.05) is 29.6 Å². The van der Waals surface area contributed by atoms with Gasteiger partial charge in [0.05, 0.1) is 0 Å². The molecule has 5 nitrogen and oxygen atoms in total. The summed E-state index contributed by atoms with van der Waals surface area (Å²) in [7, 11) is 0. The maximum atomic E-state index is 13.5. The number of halogens is 4. The van der Waals surface area contributed by atoms with Crippen molar-refractivity contribution in [3.05, 3.63) is 58.7 Å². The molecule has 0 unspecified atom stereocenters. The number of carbonyl (C=O) groups is 1. The zero-order chi connectivity index (χ0) is 21.6. The van der Waals surface area contributed by atoms with Crippen molar-refractivity contribution in [2.45, 2.75) is 33.9 Å². The van der Waals surface area contributed by atoms with E-state index in [1.165, 1.54) is 12.1 Å². The Balaban J connectivity index is 0.000000307. The standard InChI is InChI=1S/C12H16F2N2O.C7H8F2N2/c1-12(2,3)11(17)16-6-7-4-5-8(13)10(15)9(7)14;8-5-2-1-4(3-10)6(9)7(5)11/h4-5H,6,15H2,1-3H3,(H,16,17);1-2H,3,10-11H2. The number of nitrogens with two attached hydrogens (primary N) is 3. The van der Waals surface area contributed by atoms with Crippen LogP contribution in [0.5, 0.6) is 0 Å². The molecule has 0 radical (unpaired) electrons. The fourth-order valence-electron chi connectivity index (χ4n) is 1.96. The molecule has 0 bridgehead atoms. The Labute approximate surface area is 160 Å². The van der Waals surface area contributed by atoms with E-state index < -0.39 is 40.1 Å². The van der Waals surface area contributed by atoms with E-state index in [2.05, 4.69) is 5.32 Å². The van der Waals surface area contributed by atoms with Crippen LogP contribution in [0.2, 0.25) is 0 Å². The molecule has 0 spiro atoms. The van der Waals surface area contributed by atoms with Gasteiger partial charge in [-0.25, -0.2) is 17.6 Å². The highest BCUT2D eigenvalue weighted by Crippen LogP contribution is 2.20. The van der Waals surface area contributed by atoms with Gasteiger partial charge in [0.1, 0.15) is 23.0 Å². The van der Waals surface area contributed by atoms with Crippen molar-refractivity contribution >= 4 is 17.3 Å². The van der Waals surface area contributed by atoms with Crippen LogP contribution in [0.25, 0.3) is 0 Å². The van der Waals surface area contributed by atoms with Crippen molar-refractivity contribution in [1.29, 1.82) is 0 Å². The Morgan fingerprint density at radius 1 is 0.893 bits per heavy atom. The van der Waals surface area contributed by atoms with Gasteiger partial charge in [-0.15, -0.1) is 0 Å². The summed E-state index contributed by atoms with van der Waals surface area (Å²) in [5.41, 5.74) is 14.3. The second-order valence-corrected chi connectivity index (χ2v) is 7.01. The molecule has 9 heteroatoms. The van der Waals surface area contributed by atoms with Gasteiger partial charge in [0.2, 0.25) is 5.91 Å². The van der Waals surface area contributed by atoms with E-state index in [0.29, 0.717) is 0 Å². The number of nitrogen functional groups attached to an aromatic ring is 2. The van der Waals surface area contributed by atoms with Crippen LogP contribution in [-0.4, -0.2) is 5.91 Å². The molecule has 154 valence electrons. The number of rotatable bonds is 3. The Morgan fingerprint density at radius 3 is 1.75 bits per heavy atom. The third-order valence-corrected chi connectivity index (χ3v) is 3.75. The summed E-state index contributed by atoms with van der Waals surface area (Å²) in [6.45, 7) is 5.26. The lowest BCUT2D eigenvalue weighted by atomic mass is 9.95. The molecule has 28 heavy (non-hydrogen) atoms. The Bertz CT molecular complexity index is 851. The second-order valence-electron chi connectivity index (χ2n) is 7.01. The smallest absolute Gasteiger partial charge is 0.225 e. The van der Waals surface area contributed by atoms with Crippen LogP contribution in [0.15, 0.2) is 24.3 Å². The lowest BCUT2D eigenvalue weighted by molar-refractivity contribution is -0.128. The number of anilines is 2. The molecule has 0 aliphatic carbocycles. The highest BCUT2D eigenvalue weighted by molar-refractivity contribution is 5.81. The highest BCUT2D eigenvalue weighted by Gasteiger charge is 2.21. The van der Waals surface area contributed by atoms with Crippen molar-refractivity contribution in [2.75, 3.05) is 11.5 Å². The molecule has 0 atom stereocenters. The first kappa shape index (κ1) is 23.2. The van der Waals surface area contributed by atoms with Gasteiger partial charge in [-0.05, 0) is 12.1 Å². The molecule has 0 aromatic heterocycles. The molecule has 0 saturated heterocycles. The van der Waals surface area contributed by atoms with Crippen LogP contribution in [0, 0.1) is 28.7 Å². The summed E-state index contributed by atoms with van der Waals surface area (Å²) < 4.78 is 51.7. The van der Waals surface area contributed by atoms with Crippen LogP contribution < -0.4 is 22.5 Å². The van der Waals surface area contributed by atoms with Gasteiger partial charge in [-0.3, -0.25) is 4.79 Å². The van der Waals surface area contributed by atoms with Crippen molar-refractivity contribution in [1.82, 2.24) is 5.32 Å². The van der Waals surface area contributed by atoms with Crippen LogP contribution in [0.3, 0.4) is 0 Å². The average Bonchev–Trinajstić information content (AvgIpc) is 2.63. The zero-order valence-corrected chi connectivity index (χ0v) is 15.9. The average molecular weight is 400 g/mol. The van der Waals surface area contributed by atoms with Crippen molar-refractivity contribution in [3.8, 4) is 0 Å². The molecular weight excluding hydrogens is 376 g/mol. The first-order valence-corrected chi connectivity index (χ1v) is 8.33. The quantitative estimate of drug-likeness (QED) is 0.469. The number of hydrogen-bond acceptors (Lipinski definition) is 4. The van der Waals surface area contributed by atoms with Crippen molar-refractivity contribution in [2.24, 2.45) is 11.1 Å². The van der Waals surface area contributed by atoms with E-state index >= 15 is 0 Å². The minimum absolute atomic E-state index is 0.00752. The molecular formula is C19H24F4N4O. The SMILES string of the molecule is CC(C)(C)C(=O)NCc1ccc(F)c(N)c1F.NCc1ccc(F)c(N)c1F. The molecule has 2 aromatic rings. The van der Waals surface area contributed by atoms with E-state index in [4.69, 9.17) is 17.2 Å². The van der Waals surface area contributed by atoms with E-state index in [-0.39, 0.29) is 30.1 Å². The van der Waals surface area contributed by atoms with Gasteiger partial charge in [-0.2, -0.15) is 0 Å². The van der Waals surface area contributed by atoms with Crippen LogP contribution in [0.1, 0.15) is 31.9 Å². The minimum atomic E-state index is -0.820. The van der Waals surface area contributed by atoms with Crippen molar-refractivity contribution < 1.29 is 22.4 Å². The van der Waals surface area contributed by atoms with Gasteiger partial charge in [0.15, 0.2) is 11.6 Å². The normalized spacial score (nSPS) is 10.9.